The number of carbonyl (C=O) groups excluding carboxylic acids is 1. The minimum absolute atomic E-state index is 0.0580. The van der Waals surface area contributed by atoms with Crippen LogP contribution in [0.4, 0.5) is 5.82 Å². The van der Waals surface area contributed by atoms with Gasteiger partial charge >= 0.3 is 11.9 Å². The molecule has 0 bridgehead atoms. The molecule has 1 heterocycles. The number of carboxylic acid groups (broad SMARTS) is 1. The second-order valence-corrected chi connectivity index (χ2v) is 4.54. The van der Waals surface area contributed by atoms with Crippen molar-refractivity contribution in [1.82, 2.24) is 9.55 Å². The van der Waals surface area contributed by atoms with E-state index in [-0.39, 0.29) is 17.3 Å². The molecule has 3 N–H and O–H groups in total. The van der Waals surface area contributed by atoms with Gasteiger partial charge in [-0.25, -0.2) is 14.6 Å². The van der Waals surface area contributed by atoms with Crippen molar-refractivity contribution in [2.75, 3.05) is 5.73 Å². The van der Waals surface area contributed by atoms with Gasteiger partial charge in [-0.15, -0.1) is 0 Å². The summed E-state index contributed by atoms with van der Waals surface area (Å²) >= 11 is 0. The maximum absolute atomic E-state index is 11.8. The average Bonchev–Trinajstić information content (AvgIpc) is 2.38. The predicted octanol–water partition coefficient (Wildman–Crippen LogP) is 0.656. The number of imidazole rings is 1. The lowest BCUT2D eigenvalue weighted by molar-refractivity contribution is 0.00602. The summed E-state index contributed by atoms with van der Waals surface area (Å²) in [6.45, 7) is 5.11. The van der Waals surface area contributed by atoms with Gasteiger partial charge in [0, 0.05) is 7.05 Å². The van der Waals surface area contributed by atoms with Gasteiger partial charge in [0.1, 0.15) is 5.60 Å². The number of aromatic nitrogens is 2. The first-order valence-corrected chi connectivity index (χ1v) is 4.92. The summed E-state index contributed by atoms with van der Waals surface area (Å²) in [5.74, 6) is -2.41. The molecule has 0 saturated carbocycles. The SMILES string of the molecule is Cn1c(C(=O)O)nc(N)c1C(=O)OC(C)(C)C. The number of rotatable bonds is 2. The van der Waals surface area contributed by atoms with Gasteiger partial charge in [-0.2, -0.15) is 0 Å². The van der Waals surface area contributed by atoms with Gasteiger partial charge in [0.15, 0.2) is 11.5 Å². The Balaban J connectivity index is 3.15. The third-order valence-electron chi connectivity index (χ3n) is 1.91. The molecule has 0 aliphatic heterocycles. The Morgan fingerprint density at radius 2 is 1.94 bits per heavy atom. The zero-order chi connectivity index (χ0) is 13.4. The molecule has 0 aliphatic carbocycles. The first-order chi connectivity index (χ1) is 7.63. The van der Waals surface area contributed by atoms with Crippen molar-refractivity contribution in [2.24, 2.45) is 7.05 Å². The quantitative estimate of drug-likeness (QED) is 0.736. The Labute approximate surface area is 98.2 Å². The third-order valence-corrected chi connectivity index (χ3v) is 1.91. The summed E-state index contributed by atoms with van der Waals surface area (Å²) < 4.78 is 6.21. The molecule has 7 nitrogen and oxygen atoms in total. The molecule has 0 saturated heterocycles. The zero-order valence-electron chi connectivity index (χ0n) is 10.1. The molecule has 0 aromatic carbocycles. The molecule has 7 heteroatoms. The molecule has 0 fully saturated rings. The Morgan fingerprint density at radius 3 is 2.29 bits per heavy atom. The van der Waals surface area contributed by atoms with E-state index < -0.39 is 17.5 Å². The van der Waals surface area contributed by atoms with Crippen LogP contribution in [0, 0.1) is 0 Å². The fourth-order valence-electron chi connectivity index (χ4n) is 1.28. The molecule has 0 unspecified atom stereocenters. The molecule has 0 spiro atoms. The van der Waals surface area contributed by atoms with E-state index in [0.29, 0.717) is 0 Å². The highest BCUT2D eigenvalue weighted by Crippen LogP contribution is 2.17. The van der Waals surface area contributed by atoms with E-state index in [2.05, 4.69) is 4.98 Å². The molecule has 0 radical (unpaired) electrons. The predicted molar refractivity (Wildman–Crippen MR) is 59.7 cm³/mol. The largest absolute Gasteiger partial charge is 0.475 e. The summed E-state index contributed by atoms with van der Waals surface area (Å²) in [7, 11) is 1.39. The standard InChI is InChI=1S/C10H15N3O4/c1-10(2,3)17-9(16)5-6(11)12-7(8(14)15)13(5)4/h11H2,1-4H3,(H,14,15). The Bertz CT molecular complexity index is 471. The minimum Gasteiger partial charge on any atom is -0.475 e. The van der Waals surface area contributed by atoms with E-state index in [9.17, 15) is 9.59 Å². The lowest BCUT2D eigenvalue weighted by atomic mass is 10.2. The Hall–Kier alpha value is -2.05. The van der Waals surface area contributed by atoms with Crippen molar-refractivity contribution in [2.45, 2.75) is 26.4 Å². The van der Waals surface area contributed by atoms with E-state index in [0.717, 1.165) is 4.57 Å². The third kappa shape index (κ3) is 2.74. The number of hydrogen-bond acceptors (Lipinski definition) is 5. The van der Waals surface area contributed by atoms with E-state index in [1.165, 1.54) is 7.05 Å². The molecule has 1 rings (SSSR count). The highest BCUT2D eigenvalue weighted by atomic mass is 16.6. The molecule has 17 heavy (non-hydrogen) atoms. The Morgan fingerprint density at radius 1 is 1.41 bits per heavy atom. The lowest BCUT2D eigenvalue weighted by Gasteiger charge is -2.19. The van der Waals surface area contributed by atoms with Crippen LogP contribution in [0.2, 0.25) is 0 Å². The first-order valence-electron chi connectivity index (χ1n) is 4.92. The number of carbonyl (C=O) groups is 2. The fourth-order valence-corrected chi connectivity index (χ4v) is 1.28. The highest BCUT2D eigenvalue weighted by Gasteiger charge is 2.27. The van der Waals surface area contributed by atoms with Crippen molar-refractivity contribution in [1.29, 1.82) is 0 Å². The number of esters is 1. The van der Waals surface area contributed by atoms with E-state index >= 15 is 0 Å². The second-order valence-electron chi connectivity index (χ2n) is 4.54. The van der Waals surface area contributed by atoms with Gasteiger partial charge in [-0.05, 0) is 20.8 Å². The van der Waals surface area contributed by atoms with Crippen molar-refractivity contribution in [3.8, 4) is 0 Å². The molecule has 0 amide bonds. The molecule has 0 atom stereocenters. The van der Waals surface area contributed by atoms with Crippen LogP contribution in [0.5, 0.6) is 0 Å². The smallest absolute Gasteiger partial charge is 0.372 e. The lowest BCUT2D eigenvalue weighted by Crippen LogP contribution is -2.26. The van der Waals surface area contributed by atoms with Crippen LogP contribution in [0.25, 0.3) is 0 Å². The maximum atomic E-state index is 11.8. The summed E-state index contributed by atoms with van der Waals surface area (Å²) in [5.41, 5.74) is 4.76. The number of nitrogen functional groups attached to an aromatic ring is 1. The van der Waals surface area contributed by atoms with Gasteiger partial charge in [-0.3, -0.25) is 0 Å². The number of nitrogens with two attached hydrogens (primary N) is 1. The van der Waals surface area contributed by atoms with Crippen LogP contribution in [-0.4, -0.2) is 32.2 Å². The highest BCUT2D eigenvalue weighted by molar-refractivity contribution is 5.95. The van der Waals surface area contributed by atoms with Gasteiger partial charge in [0.25, 0.3) is 0 Å². The van der Waals surface area contributed by atoms with E-state index in [4.69, 9.17) is 15.6 Å². The number of anilines is 1. The van der Waals surface area contributed by atoms with E-state index in [1.807, 2.05) is 0 Å². The van der Waals surface area contributed by atoms with Gasteiger partial charge in [0.05, 0.1) is 0 Å². The van der Waals surface area contributed by atoms with Crippen LogP contribution in [0.1, 0.15) is 41.9 Å². The van der Waals surface area contributed by atoms with Crippen LogP contribution in [0.3, 0.4) is 0 Å². The zero-order valence-corrected chi connectivity index (χ0v) is 10.1. The Kier molecular flexibility index (Phi) is 3.12. The minimum atomic E-state index is -1.26. The van der Waals surface area contributed by atoms with Crippen LogP contribution >= 0.6 is 0 Å². The fraction of sp³-hybridized carbons (Fsp3) is 0.500. The first kappa shape index (κ1) is 13.0. The van der Waals surface area contributed by atoms with Crippen LogP contribution in [-0.2, 0) is 11.8 Å². The summed E-state index contributed by atoms with van der Waals surface area (Å²) in [4.78, 5) is 26.2. The van der Waals surface area contributed by atoms with Crippen LogP contribution in [0.15, 0.2) is 0 Å². The van der Waals surface area contributed by atoms with Crippen molar-refractivity contribution < 1.29 is 19.4 Å². The number of nitrogens with zero attached hydrogens (tertiary/aromatic N) is 2. The topological polar surface area (TPSA) is 107 Å². The number of carboxylic acids is 1. The number of aromatic carboxylic acids is 1. The van der Waals surface area contributed by atoms with Crippen molar-refractivity contribution in [3.63, 3.8) is 0 Å². The molecule has 0 aliphatic rings. The van der Waals surface area contributed by atoms with Gasteiger partial charge in [0.2, 0.25) is 5.82 Å². The average molecular weight is 241 g/mol. The van der Waals surface area contributed by atoms with Gasteiger partial charge < -0.3 is 20.1 Å². The molecular weight excluding hydrogens is 226 g/mol. The van der Waals surface area contributed by atoms with E-state index in [1.54, 1.807) is 20.8 Å². The number of hydrogen-bond donors (Lipinski definition) is 2. The van der Waals surface area contributed by atoms with Crippen molar-refractivity contribution in [3.05, 3.63) is 11.5 Å². The molecule has 94 valence electrons. The van der Waals surface area contributed by atoms with Crippen molar-refractivity contribution >= 4 is 17.8 Å². The summed E-state index contributed by atoms with van der Waals surface area (Å²) in [6.07, 6.45) is 0. The molecular formula is C10H15N3O4. The monoisotopic (exact) mass is 241 g/mol. The number of ether oxygens (including phenoxy) is 1. The second kappa shape index (κ2) is 4.08. The van der Waals surface area contributed by atoms with Crippen LogP contribution < -0.4 is 5.73 Å². The van der Waals surface area contributed by atoms with Gasteiger partial charge in [-0.1, -0.05) is 0 Å². The summed E-state index contributed by atoms with van der Waals surface area (Å²) in [5, 5.41) is 8.83. The maximum Gasteiger partial charge on any atom is 0.372 e. The normalized spacial score (nSPS) is 11.3. The molecule has 1 aromatic rings. The molecule has 1 aromatic heterocycles. The summed E-state index contributed by atoms with van der Waals surface area (Å²) in [6, 6.07) is 0.